The Bertz CT molecular complexity index is 448. The van der Waals surface area contributed by atoms with E-state index < -0.39 is 0 Å². The molecule has 1 aromatic carbocycles. The van der Waals surface area contributed by atoms with Crippen LogP contribution in [-0.2, 0) is 18.1 Å². The van der Waals surface area contributed by atoms with Crippen LogP contribution >= 0.6 is 0 Å². The molecule has 1 heterocycles. The molecule has 0 atom stereocenters. The van der Waals surface area contributed by atoms with E-state index in [1.165, 1.54) is 5.56 Å². The molecule has 83 valence electrons. The summed E-state index contributed by atoms with van der Waals surface area (Å²) in [4.78, 5) is 4.26. The monoisotopic (exact) mass is 215 g/mol. The van der Waals surface area contributed by atoms with Crippen LogP contribution in [-0.4, -0.2) is 16.2 Å². The van der Waals surface area contributed by atoms with Gasteiger partial charge in [-0.3, -0.25) is 0 Å². The van der Waals surface area contributed by atoms with E-state index in [2.05, 4.69) is 21.7 Å². The first-order valence-corrected chi connectivity index (χ1v) is 5.44. The maximum Gasteiger partial charge on any atom is 0.106 e. The molecule has 0 saturated heterocycles. The first kappa shape index (κ1) is 10.9. The summed E-state index contributed by atoms with van der Waals surface area (Å²) in [7, 11) is 0. The van der Waals surface area contributed by atoms with Gasteiger partial charge in [-0.25, -0.2) is 10.1 Å². The van der Waals surface area contributed by atoms with Crippen molar-refractivity contribution in [3.8, 4) is 0 Å². The van der Waals surface area contributed by atoms with Gasteiger partial charge in [0.25, 0.3) is 0 Å². The van der Waals surface area contributed by atoms with E-state index >= 15 is 0 Å². The summed E-state index contributed by atoms with van der Waals surface area (Å²) >= 11 is 0. The number of hydrogen-bond donors (Lipinski definition) is 0. The van der Waals surface area contributed by atoms with Crippen LogP contribution in [0.15, 0.2) is 36.5 Å². The smallest absolute Gasteiger partial charge is 0.106 e. The largest absolute Gasteiger partial charge is 0.328 e. The summed E-state index contributed by atoms with van der Waals surface area (Å²) in [6, 6.07) is 10.2. The number of hydrogen-bond acceptors (Lipinski definition) is 1. The van der Waals surface area contributed by atoms with Gasteiger partial charge in [-0.1, -0.05) is 30.3 Å². The molecule has 0 unspecified atom stereocenters. The highest BCUT2D eigenvalue weighted by molar-refractivity contribution is 5.17. The predicted molar refractivity (Wildman–Crippen MR) is 61.8 cm³/mol. The van der Waals surface area contributed by atoms with E-state index in [4.69, 9.17) is 0 Å². The number of aryl methyl sites for hydroxylation is 1. The third kappa shape index (κ3) is 2.31. The van der Waals surface area contributed by atoms with E-state index in [-0.39, 0.29) is 6.61 Å². The van der Waals surface area contributed by atoms with Crippen LogP contribution in [0.5, 0.6) is 0 Å². The van der Waals surface area contributed by atoms with Crippen LogP contribution < -0.4 is 0 Å². The average molecular weight is 215 g/mol. The van der Waals surface area contributed by atoms with Crippen molar-refractivity contribution >= 4 is 0 Å². The zero-order valence-electron chi connectivity index (χ0n) is 9.39. The Balaban J connectivity index is 2.23. The van der Waals surface area contributed by atoms with Crippen molar-refractivity contribution in [3.05, 3.63) is 53.6 Å². The van der Waals surface area contributed by atoms with E-state index in [0.29, 0.717) is 6.42 Å². The number of benzene rings is 1. The molecule has 3 heteroatoms. The highest BCUT2D eigenvalue weighted by Gasteiger charge is 2.06. The summed E-state index contributed by atoms with van der Waals surface area (Å²) in [5.41, 5.74) is 2.26. The molecule has 0 aliphatic heterocycles. The van der Waals surface area contributed by atoms with E-state index in [1.807, 2.05) is 25.1 Å². The summed E-state index contributed by atoms with van der Waals surface area (Å²) in [5.74, 6) is 0.965. The molecular formula is C13H15N2O. The third-order valence-electron chi connectivity index (χ3n) is 2.68. The highest BCUT2D eigenvalue weighted by atomic mass is 16.3. The van der Waals surface area contributed by atoms with Crippen LogP contribution in [0.4, 0.5) is 0 Å². The van der Waals surface area contributed by atoms with Gasteiger partial charge in [-0.15, -0.1) is 0 Å². The molecule has 0 fully saturated rings. The molecule has 1 radical (unpaired) electrons. The molecule has 0 bridgehead atoms. The molecule has 0 saturated carbocycles. The van der Waals surface area contributed by atoms with Crippen molar-refractivity contribution in [2.24, 2.45) is 0 Å². The van der Waals surface area contributed by atoms with Gasteiger partial charge in [0.2, 0.25) is 0 Å². The van der Waals surface area contributed by atoms with Crippen LogP contribution in [0, 0.1) is 6.92 Å². The van der Waals surface area contributed by atoms with Crippen molar-refractivity contribution in [3.63, 3.8) is 0 Å². The zero-order valence-corrected chi connectivity index (χ0v) is 9.39. The number of nitrogens with zero attached hydrogens (tertiary/aromatic N) is 2. The highest BCUT2D eigenvalue weighted by Crippen LogP contribution is 2.10. The fourth-order valence-electron chi connectivity index (χ4n) is 1.80. The van der Waals surface area contributed by atoms with E-state index in [0.717, 1.165) is 18.1 Å². The lowest BCUT2D eigenvalue weighted by Gasteiger charge is -2.09. The Morgan fingerprint density at radius 2 is 2.00 bits per heavy atom. The molecule has 0 aliphatic carbocycles. The summed E-state index contributed by atoms with van der Waals surface area (Å²) < 4.78 is 2.10. The SMILES string of the molecule is Cc1ncc(CC[O])n1Cc1ccccc1. The summed E-state index contributed by atoms with van der Waals surface area (Å²) in [5, 5.41) is 10.7. The lowest BCUT2D eigenvalue weighted by Crippen LogP contribution is -2.07. The van der Waals surface area contributed by atoms with Gasteiger partial charge in [-0.2, -0.15) is 0 Å². The van der Waals surface area contributed by atoms with Gasteiger partial charge in [-0.05, 0) is 12.5 Å². The molecular weight excluding hydrogens is 200 g/mol. The van der Waals surface area contributed by atoms with Crippen LogP contribution in [0.1, 0.15) is 17.1 Å². The number of rotatable bonds is 4. The van der Waals surface area contributed by atoms with Crippen molar-refractivity contribution in [1.29, 1.82) is 0 Å². The van der Waals surface area contributed by atoms with Crippen molar-refractivity contribution in [2.75, 3.05) is 6.61 Å². The second-order valence-electron chi connectivity index (χ2n) is 3.82. The first-order valence-electron chi connectivity index (χ1n) is 5.44. The fraction of sp³-hybridized carbons (Fsp3) is 0.308. The first-order chi connectivity index (χ1) is 7.81. The van der Waals surface area contributed by atoms with Crippen LogP contribution in [0.25, 0.3) is 0 Å². The number of aromatic nitrogens is 2. The van der Waals surface area contributed by atoms with Gasteiger partial charge in [0.15, 0.2) is 0 Å². The minimum Gasteiger partial charge on any atom is -0.328 e. The molecule has 0 amide bonds. The quantitative estimate of drug-likeness (QED) is 0.770. The maximum atomic E-state index is 10.7. The Morgan fingerprint density at radius 1 is 1.25 bits per heavy atom. The standard InChI is InChI=1S/C13H15N2O/c1-11-14-9-13(7-8-16)15(11)10-12-5-3-2-4-6-12/h2-6,9H,7-8,10H2,1H3. The van der Waals surface area contributed by atoms with Crippen molar-refractivity contribution in [1.82, 2.24) is 9.55 Å². The van der Waals surface area contributed by atoms with Crippen molar-refractivity contribution < 1.29 is 5.11 Å². The van der Waals surface area contributed by atoms with Gasteiger partial charge < -0.3 is 4.57 Å². The molecule has 2 rings (SSSR count). The average Bonchev–Trinajstić information content (AvgIpc) is 2.64. The molecule has 0 spiro atoms. The second-order valence-corrected chi connectivity index (χ2v) is 3.82. The molecule has 3 nitrogen and oxygen atoms in total. The predicted octanol–water partition coefficient (Wildman–Crippen LogP) is 2.21. The van der Waals surface area contributed by atoms with Gasteiger partial charge in [0, 0.05) is 24.9 Å². The second kappa shape index (κ2) is 4.94. The minimum atomic E-state index is -0.0834. The molecule has 2 aromatic rings. The molecule has 1 aromatic heterocycles. The van der Waals surface area contributed by atoms with E-state index in [9.17, 15) is 5.11 Å². The van der Waals surface area contributed by atoms with Crippen LogP contribution in [0.3, 0.4) is 0 Å². The summed E-state index contributed by atoms with van der Waals surface area (Å²) in [6.45, 7) is 2.68. The van der Waals surface area contributed by atoms with Gasteiger partial charge >= 0.3 is 0 Å². The van der Waals surface area contributed by atoms with E-state index in [1.54, 1.807) is 6.20 Å². The zero-order chi connectivity index (χ0) is 11.4. The van der Waals surface area contributed by atoms with Gasteiger partial charge in [0.1, 0.15) is 5.82 Å². The topological polar surface area (TPSA) is 37.7 Å². The number of imidazole rings is 1. The minimum absolute atomic E-state index is 0.0834. The Morgan fingerprint density at radius 3 is 2.69 bits per heavy atom. The summed E-state index contributed by atoms with van der Waals surface area (Å²) in [6.07, 6.45) is 2.35. The Hall–Kier alpha value is -1.61. The maximum absolute atomic E-state index is 10.7. The normalized spacial score (nSPS) is 10.6. The van der Waals surface area contributed by atoms with Gasteiger partial charge in [0.05, 0.1) is 6.61 Å². The molecule has 16 heavy (non-hydrogen) atoms. The Labute approximate surface area is 95.4 Å². The molecule has 0 N–H and O–H groups in total. The Kier molecular flexibility index (Phi) is 3.37. The fourth-order valence-corrected chi connectivity index (χ4v) is 1.80. The third-order valence-corrected chi connectivity index (χ3v) is 2.68. The van der Waals surface area contributed by atoms with Crippen LogP contribution in [0.2, 0.25) is 0 Å². The lowest BCUT2D eigenvalue weighted by atomic mass is 10.2. The molecule has 0 aliphatic rings. The lowest BCUT2D eigenvalue weighted by molar-refractivity contribution is 0.195. The van der Waals surface area contributed by atoms with Crippen molar-refractivity contribution in [2.45, 2.75) is 19.9 Å².